The van der Waals surface area contributed by atoms with Gasteiger partial charge in [-0.1, -0.05) is 48.3 Å². The van der Waals surface area contributed by atoms with Crippen LogP contribution in [0.3, 0.4) is 0 Å². The molecule has 3 aromatic rings. The molecule has 2 heterocycles. The molecule has 2 aliphatic rings. The van der Waals surface area contributed by atoms with Crippen LogP contribution in [0.5, 0.6) is 0 Å². The third-order valence-corrected chi connectivity index (χ3v) is 8.01. The van der Waals surface area contributed by atoms with E-state index in [9.17, 15) is 18.4 Å². The minimum atomic E-state index is -0.804. The van der Waals surface area contributed by atoms with Gasteiger partial charge >= 0.3 is 0 Å². The second-order valence-electron chi connectivity index (χ2n) is 10.6. The molecule has 2 fully saturated rings. The van der Waals surface area contributed by atoms with Crippen molar-refractivity contribution in [3.8, 4) is 11.3 Å². The fraction of sp³-hybridized carbons (Fsp3) is 0.433. The van der Waals surface area contributed by atoms with Gasteiger partial charge in [-0.25, -0.2) is 8.78 Å². The van der Waals surface area contributed by atoms with Gasteiger partial charge in [0, 0.05) is 50.9 Å². The van der Waals surface area contributed by atoms with Crippen LogP contribution in [0.1, 0.15) is 48.2 Å². The van der Waals surface area contributed by atoms with Crippen LogP contribution in [0, 0.1) is 17.6 Å². The van der Waals surface area contributed by atoms with Crippen LogP contribution in [0.2, 0.25) is 0 Å². The smallest absolute Gasteiger partial charge is 0.273 e. The summed E-state index contributed by atoms with van der Waals surface area (Å²) >= 11 is 0. The SMILES string of the molecule is CN(CCc1ccccc1)C(=O)[C@H]1CN(C2CCCC2)CC[C@@H]1NC(=O)c1cc(-c2ccc(F)cc2F)on1. The van der Waals surface area contributed by atoms with E-state index in [0.29, 0.717) is 25.6 Å². The zero-order valence-electron chi connectivity index (χ0n) is 22.1. The van der Waals surface area contributed by atoms with Crippen molar-refractivity contribution in [3.05, 3.63) is 77.5 Å². The second kappa shape index (κ2) is 12.1. The molecule has 9 heteroatoms. The van der Waals surface area contributed by atoms with Crippen molar-refractivity contribution in [1.82, 2.24) is 20.3 Å². The molecule has 7 nitrogen and oxygen atoms in total. The van der Waals surface area contributed by atoms with E-state index in [-0.39, 0.29) is 29.0 Å². The van der Waals surface area contributed by atoms with Crippen LogP contribution in [-0.2, 0) is 11.2 Å². The average molecular weight is 537 g/mol. The summed E-state index contributed by atoms with van der Waals surface area (Å²) < 4.78 is 32.7. The van der Waals surface area contributed by atoms with Gasteiger partial charge in [0.2, 0.25) is 5.91 Å². The molecular weight excluding hydrogens is 502 g/mol. The number of likely N-dealkylation sites (tertiary alicyclic amines) is 1. The fourth-order valence-corrected chi connectivity index (χ4v) is 5.78. The van der Waals surface area contributed by atoms with Gasteiger partial charge in [0.15, 0.2) is 11.5 Å². The third kappa shape index (κ3) is 6.36. The van der Waals surface area contributed by atoms with Crippen LogP contribution in [0.15, 0.2) is 59.1 Å². The Morgan fingerprint density at radius 3 is 2.59 bits per heavy atom. The number of amides is 2. The van der Waals surface area contributed by atoms with Gasteiger partial charge < -0.3 is 14.7 Å². The number of piperidine rings is 1. The molecule has 1 saturated carbocycles. The number of rotatable bonds is 8. The first-order valence-electron chi connectivity index (χ1n) is 13.6. The number of benzene rings is 2. The van der Waals surface area contributed by atoms with Crippen LogP contribution >= 0.6 is 0 Å². The second-order valence-corrected chi connectivity index (χ2v) is 10.6. The minimum absolute atomic E-state index is 0.00755. The van der Waals surface area contributed by atoms with Crippen molar-refractivity contribution in [2.45, 2.75) is 50.6 Å². The monoisotopic (exact) mass is 536 g/mol. The summed E-state index contributed by atoms with van der Waals surface area (Å²) in [6, 6.07) is 14.6. The predicted octanol–water partition coefficient (Wildman–Crippen LogP) is 4.68. The van der Waals surface area contributed by atoms with E-state index in [2.05, 4.69) is 15.4 Å². The summed E-state index contributed by atoms with van der Waals surface area (Å²) in [6.45, 7) is 1.98. The first kappa shape index (κ1) is 27.0. The maximum absolute atomic E-state index is 14.2. The average Bonchev–Trinajstić information content (AvgIpc) is 3.65. The Bertz CT molecular complexity index is 1290. The maximum atomic E-state index is 14.2. The zero-order valence-corrected chi connectivity index (χ0v) is 22.1. The molecule has 0 unspecified atom stereocenters. The van der Waals surface area contributed by atoms with Gasteiger partial charge in [0.25, 0.3) is 5.91 Å². The maximum Gasteiger partial charge on any atom is 0.273 e. The van der Waals surface area contributed by atoms with Crippen molar-refractivity contribution in [2.75, 3.05) is 26.7 Å². The van der Waals surface area contributed by atoms with Crippen LogP contribution in [-0.4, -0.2) is 65.5 Å². The molecule has 39 heavy (non-hydrogen) atoms. The molecule has 1 aromatic heterocycles. The molecule has 0 bridgehead atoms. The van der Waals surface area contributed by atoms with Crippen molar-refractivity contribution < 1.29 is 22.9 Å². The fourth-order valence-electron chi connectivity index (χ4n) is 5.78. The van der Waals surface area contributed by atoms with E-state index in [1.54, 1.807) is 4.90 Å². The van der Waals surface area contributed by atoms with Crippen LogP contribution in [0.25, 0.3) is 11.3 Å². The summed E-state index contributed by atoms with van der Waals surface area (Å²) in [5.74, 6) is -2.36. The zero-order chi connectivity index (χ0) is 27.4. The number of nitrogens with one attached hydrogen (secondary N) is 1. The van der Waals surface area contributed by atoms with E-state index in [1.165, 1.54) is 25.0 Å². The van der Waals surface area contributed by atoms with E-state index in [4.69, 9.17) is 4.52 Å². The van der Waals surface area contributed by atoms with Crippen molar-refractivity contribution in [2.24, 2.45) is 5.92 Å². The summed E-state index contributed by atoms with van der Waals surface area (Å²) in [7, 11) is 1.82. The number of carbonyl (C=O) groups excluding carboxylic acids is 2. The molecule has 1 saturated heterocycles. The summed E-state index contributed by atoms with van der Waals surface area (Å²) in [4.78, 5) is 31.0. The Balaban J connectivity index is 1.29. The molecule has 2 amide bonds. The van der Waals surface area contributed by atoms with Gasteiger partial charge in [0.05, 0.1) is 11.5 Å². The van der Waals surface area contributed by atoms with Crippen molar-refractivity contribution >= 4 is 11.8 Å². The molecule has 1 aliphatic heterocycles. The van der Waals surface area contributed by atoms with E-state index < -0.39 is 23.5 Å². The number of hydrogen-bond acceptors (Lipinski definition) is 5. The standard InChI is InChI=1S/C30H34F2N4O3/c1-35(15-13-20-7-3-2-4-8-20)30(38)24-19-36(22-9-5-6-10-22)16-14-26(24)33-29(37)27-18-28(39-34-27)23-12-11-21(31)17-25(23)32/h2-4,7-8,11-12,17-18,22,24,26H,5-6,9-10,13-16,19H2,1H3,(H,33,37)/t24-,26-/m0/s1. The van der Waals surface area contributed by atoms with E-state index >= 15 is 0 Å². The van der Waals surface area contributed by atoms with Crippen molar-refractivity contribution in [1.29, 1.82) is 0 Å². The molecule has 0 spiro atoms. The number of nitrogens with zero attached hydrogens (tertiary/aromatic N) is 3. The van der Waals surface area contributed by atoms with Gasteiger partial charge in [0.1, 0.15) is 11.6 Å². The highest BCUT2D eigenvalue weighted by molar-refractivity contribution is 5.94. The first-order chi connectivity index (χ1) is 18.9. The molecule has 2 atom stereocenters. The summed E-state index contributed by atoms with van der Waals surface area (Å²) in [5, 5.41) is 6.82. The van der Waals surface area contributed by atoms with Crippen LogP contribution < -0.4 is 5.32 Å². The number of carbonyl (C=O) groups is 2. The number of aromatic nitrogens is 1. The van der Waals surface area contributed by atoms with Crippen molar-refractivity contribution in [3.63, 3.8) is 0 Å². The first-order valence-corrected chi connectivity index (χ1v) is 13.6. The normalized spacial score (nSPS) is 20.2. The lowest BCUT2D eigenvalue weighted by molar-refractivity contribution is -0.137. The lowest BCUT2D eigenvalue weighted by atomic mass is 9.89. The van der Waals surface area contributed by atoms with Crippen LogP contribution in [0.4, 0.5) is 8.78 Å². The number of likely N-dealkylation sites (N-methyl/N-ethyl adjacent to an activating group) is 1. The largest absolute Gasteiger partial charge is 0.355 e. The Hall–Kier alpha value is -3.59. The molecule has 0 radical (unpaired) electrons. The molecule has 206 valence electrons. The predicted molar refractivity (Wildman–Crippen MR) is 143 cm³/mol. The van der Waals surface area contributed by atoms with Gasteiger partial charge in [-0.15, -0.1) is 0 Å². The van der Waals surface area contributed by atoms with Gasteiger partial charge in [-0.2, -0.15) is 0 Å². The highest BCUT2D eigenvalue weighted by Gasteiger charge is 2.39. The lowest BCUT2D eigenvalue weighted by Crippen LogP contribution is -2.57. The molecule has 1 N–H and O–H groups in total. The Labute approximate surface area is 227 Å². The summed E-state index contributed by atoms with van der Waals surface area (Å²) in [5.41, 5.74) is 1.16. The minimum Gasteiger partial charge on any atom is -0.355 e. The Morgan fingerprint density at radius 2 is 1.85 bits per heavy atom. The third-order valence-electron chi connectivity index (χ3n) is 8.01. The van der Waals surface area contributed by atoms with E-state index in [0.717, 1.165) is 43.5 Å². The topological polar surface area (TPSA) is 78.7 Å². The van der Waals surface area contributed by atoms with E-state index in [1.807, 2.05) is 37.4 Å². The highest BCUT2D eigenvalue weighted by atomic mass is 19.1. The highest BCUT2D eigenvalue weighted by Crippen LogP contribution is 2.30. The lowest BCUT2D eigenvalue weighted by Gasteiger charge is -2.42. The molecule has 1 aliphatic carbocycles. The Morgan fingerprint density at radius 1 is 1.08 bits per heavy atom. The number of halogens is 2. The molecule has 5 rings (SSSR count). The Kier molecular flexibility index (Phi) is 8.35. The van der Waals surface area contributed by atoms with Gasteiger partial charge in [-0.05, 0) is 43.4 Å². The molecule has 2 aromatic carbocycles. The number of hydrogen-bond donors (Lipinski definition) is 1. The summed E-state index contributed by atoms with van der Waals surface area (Å²) in [6.07, 6.45) is 6.09. The molecular formula is C30H34F2N4O3. The van der Waals surface area contributed by atoms with Gasteiger partial charge in [-0.3, -0.25) is 14.5 Å². The quantitative estimate of drug-likeness (QED) is 0.452.